The van der Waals surface area contributed by atoms with E-state index in [1.54, 1.807) is 0 Å². The summed E-state index contributed by atoms with van der Waals surface area (Å²) in [5.41, 5.74) is 0. The first kappa shape index (κ1) is 33.9. The molecule has 1 aliphatic heterocycles. The Balaban J connectivity index is 3.13. The monoisotopic (exact) mass is 560 g/mol. The van der Waals surface area contributed by atoms with Crippen molar-refractivity contribution in [1.29, 1.82) is 0 Å². The highest BCUT2D eigenvalue weighted by Gasteiger charge is 2.62. The molecule has 1 rings (SSSR count). The summed E-state index contributed by atoms with van der Waals surface area (Å²) >= 11 is 0. The second-order valence-corrected chi connectivity index (χ2v) is 20.6. The molecule has 0 aromatic rings. The summed E-state index contributed by atoms with van der Waals surface area (Å²) in [7, 11) is -5.63. The van der Waals surface area contributed by atoms with Crippen LogP contribution in [-0.2, 0) is 13.0 Å². The number of nitrogens with one attached hydrogen (secondary N) is 4. The lowest BCUT2D eigenvalue weighted by atomic mass is 10.2. The minimum Gasteiger partial charge on any atom is -0.414 e. The lowest BCUT2D eigenvalue weighted by Gasteiger charge is -2.49. The summed E-state index contributed by atoms with van der Waals surface area (Å²) in [6, 6.07) is 1.28. The molecule has 4 N–H and O–H groups in total. The Hall–Kier alpha value is -1.15. The zero-order valence-corrected chi connectivity index (χ0v) is 27.3. The fourth-order valence-corrected chi connectivity index (χ4v) is 15.5. The average Bonchev–Trinajstić information content (AvgIpc) is 2.91. The van der Waals surface area contributed by atoms with Crippen molar-refractivity contribution in [2.24, 2.45) is 0 Å². The minimum atomic E-state index is -2.82. The largest absolute Gasteiger partial charge is 0.414 e. The predicted molar refractivity (Wildman–Crippen MR) is 155 cm³/mol. The van der Waals surface area contributed by atoms with Gasteiger partial charge < -0.3 is 34.2 Å². The van der Waals surface area contributed by atoms with Gasteiger partial charge in [-0.05, 0) is 51.6 Å². The second-order valence-electron chi connectivity index (χ2n) is 12.3. The number of amides is 4. The number of hydrogen-bond acceptors (Lipinski definition) is 5. The van der Waals surface area contributed by atoms with Crippen LogP contribution in [0.3, 0.4) is 0 Å². The third kappa shape index (κ3) is 10.2. The number of hydrogen-bond donors (Lipinski definition) is 4. The van der Waals surface area contributed by atoms with Crippen molar-refractivity contribution in [3.63, 3.8) is 0 Å². The first-order valence-corrected chi connectivity index (χ1v) is 18.3. The van der Waals surface area contributed by atoms with E-state index in [0.29, 0.717) is 26.2 Å². The van der Waals surface area contributed by atoms with Crippen LogP contribution in [0.25, 0.3) is 0 Å². The van der Waals surface area contributed by atoms with Gasteiger partial charge in [0.1, 0.15) is 0 Å². The molecule has 4 atom stereocenters. The Morgan fingerprint density at radius 1 is 0.649 bits per heavy atom. The molecular formula is C26H56N4O5Si2. The Labute approximate surface area is 228 Å². The molecule has 9 nitrogen and oxygen atoms in total. The van der Waals surface area contributed by atoms with Crippen LogP contribution in [0.1, 0.15) is 94.9 Å². The van der Waals surface area contributed by atoms with Gasteiger partial charge in [0.25, 0.3) is 0 Å². The SMILES string of the molecule is CCCNC(=O)NCCC[Si]1(C(C)(C)C)OC(C)C(C)O[Si](CCCNC(=O)NCCC)(C(C)(C)C)O1. The van der Waals surface area contributed by atoms with Crippen LogP contribution >= 0.6 is 0 Å². The highest BCUT2D eigenvalue weighted by atomic mass is 28.5. The van der Waals surface area contributed by atoms with Gasteiger partial charge in [0.2, 0.25) is 0 Å². The third-order valence-electron chi connectivity index (χ3n) is 7.04. The second kappa shape index (κ2) is 14.9. The molecule has 0 aromatic heterocycles. The van der Waals surface area contributed by atoms with Crippen molar-refractivity contribution >= 4 is 29.2 Å². The summed E-state index contributed by atoms with van der Waals surface area (Å²) in [6.45, 7) is 24.0. The third-order valence-corrected chi connectivity index (χ3v) is 17.8. The van der Waals surface area contributed by atoms with E-state index in [2.05, 4.69) is 76.7 Å². The van der Waals surface area contributed by atoms with Crippen molar-refractivity contribution in [1.82, 2.24) is 21.3 Å². The van der Waals surface area contributed by atoms with Gasteiger partial charge in [-0.15, -0.1) is 0 Å². The molecule has 0 aliphatic carbocycles. The van der Waals surface area contributed by atoms with E-state index < -0.39 is 17.1 Å². The molecule has 0 radical (unpaired) electrons. The van der Waals surface area contributed by atoms with Crippen LogP contribution in [0.4, 0.5) is 9.59 Å². The van der Waals surface area contributed by atoms with Crippen LogP contribution in [0.15, 0.2) is 0 Å². The van der Waals surface area contributed by atoms with Gasteiger partial charge in [-0.25, -0.2) is 9.59 Å². The first-order chi connectivity index (χ1) is 17.1. The maximum Gasteiger partial charge on any atom is 0.335 e. The molecule has 218 valence electrons. The van der Waals surface area contributed by atoms with Crippen LogP contribution < -0.4 is 21.3 Å². The molecule has 1 saturated heterocycles. The lowest BCUT2D eigenvalue weighted by molar-refractivity contribution is 0.0667. The average molecular weight is 561 g/mol. The minimum absolute atomic E-state index is 0.0959. The maximum atomic E-state index is 12.0. The van der Waals surface area contributed by atoms with E-state index >= 15 is 0 Å². The Bertz CT molecular complexity index is 658. The molecule has 1 aliphatic rings. The molecule has 0 saturated carbocycles. The van der Waals surface area contributed by atoms with Crippen LogP contribution in [0, 0.1) is 0 Å². The zero-order valence-electron chi connectivity index (χ0n) is 25.3. The molecule has 37 heavy (non-hydrogen) atoms. The summed E-state index contributed by atoms with van der Waals surface area (Å²) in [4.78, 5) is 24.1. The molecule has 0 bridgehead atoms. The van der Waals surface area contributed by atoms with Gasteiger partial charge in [0, 0.05) is 36.3 Å². The van der Waals surface area contributed by atoms with E-state index in [4.69, 9.17) is 13.0 Å². The predicted octanol–water partition coefficient (Wildman–Crippen LogP) is 5.51. The summed E-state index contributed by atoms with van der Waals surface area (Å²) in [6.07, 6.45) is 3.17. The molecule has 1 heterocycles. The topological polar surface area (TPSA) is 110 Å². The molecule has 1 fully saturated rings. The van der Waals surface area contributed by atoms with Crippen molar-refractivity contribution in [3.05, 3.63) is 0 Å². The lowest BCUT2D eigenvalue weighted by Crippen LogP contribution is -2.61. The molecule has 4 unspecified atom stereocenters. The Kier molecular flexibility index (Phi) is 13.6. The standard InChI is InChI=1S/C26H56N4O5Si2/c1-11-15-27-23(31)29-17-13-19-36(25(5,6)7)33-21(3)22(4)34-37(35-36,26(8,9)10)20-14-18-30-24(32)28-16-12-2/h21-22H,11-20H2,1-10H3,(H2,27,29,31)(H2,28,30,32). The van der Waals surface area contributed by atoms with Crippen molar-refractivity contribution < 1.29 is 22.6 Å². The van der Waals surface area contributed by atoms with E-state index in [-0.39, 0.29) is 34.3 Å². The van der Waals surface area contributed by atoms with E-state index in [0.717, 1.165) is 37.8 Å². The fourth-order valence-electron chi connectivity index (χ4n) is 4.38. The van der Waals surface area contributed by atoms with Gasteiger partial charge in [-0.2, -0.15) is 0 Å². The maximum absolute atomic E-state index is 12.0. The van der Waals surface area contributed by atoms with Gasteiger partial charge in [0.15, 0.2) is 0 Å². The van der Waals surface area contributed by atoms with E-state index in [1.165, 1.54) is 0 Å². The van der Waals surface area contributed by atoms with Crippen LogP contribution in [0.5, 0.6) is 0 Å². The number of carbonyl (C=O) groups excluding carboxylic acids is 2. The Morgan fingerprint density at radius 2 is 0.973 bits per heavy atom. The summed E-state index contributed by atoms with van der Waals surface area (Å²) in [5.74, 6) is 0. The quantitative estimate of drug-likeness (QED) is 0.186. The normalized spacial score (nSPS) is 26.8. The van der Waals surface area contributed by atoms with E-state index in [1.807, 2.05) is 13.8 Å². The van der Waals surface area contributed by atoms with Gasteiger partial charge in [-0.3, -0.25) is 0 Å². The van der Waals surface area contributed by atoms with Gasteiger partial charge in [0.05, 0.1) is 12.2 Å². The van der Waals surface area contributed by atoms with Gasteiger partial charge in [-0.1, -0.05) is 55.4 Å². The summed E-state index contributed by atoms with van der Waals surface area (Å²) < 4.78 is 21.2. The smallest absolute Gasteiger partial charge is 0.335 e. The molecule has 11 heteroatoms. The molecule has 0 spiro atoms. The molecule has 4 amide bonds. The van der Waals surface area contributed by atoms with Gasteiger partial charge >= 0.3 is 29.2 Å². The van der Waals surface area contributed by atoms with E-state index in [9.17, 15) is 9.59 Å². The summed E-state index contributed by atoms with van der Waals surface area (Å²) in [5, 5.41) is 11.3. The number of urea groups is 2. The van der Waals surface area contributed by atoms with Crippen molar-refractivity contribution in [2.75, 3.05) is 26.2 Å². The Morgan fingerprint density at radius 3 is 1.27 bits per heavy atom. The highest BCUT2D eigenvalue weighted by Crippen LogP contribution is 2.52. The molecule has 0 aromatic carbocycles. The highest BCUT2D eigenvalue weighted by molar-refractivity contribution is 6.84. The fraction of sp³-hybridized carbons (Fsp3) is 0.923. The first-order valence-electron chi connectivity index (χ1n) is 14.2. The van der Waals surface area contributed by atoms with Crippen molar-refractivity contribution in [2.45, 2.75) is 129 Å². The number of rotatable bonds is 12. The number of carbonyl (C=O) groups is 2. The van der Waals surface area contributed by atoms with Crippen molar-refractivity contribution in [3.8, 4) is 0 Å². The van der Waals surface area contributed by atoms with Crippen LogP contribution in [-0.4, -0.2) is 67.6 Å². The van der Waals surface area contributed by atoms with Crippen LogP contribution in [0.2, 0.25) is 22.2 Å². The zero-order chi connectivity index (χ0) is 28.3. The molecular weight excluding hydrogens is 504 g/mol.